The molecule has 0 spiro atoms. The van der Waals surface area contributed by atoms with Crippen LogP contribution in [-0.2, 0) is 7.05 Å². The van der Waals surface area contributed by atoms with Crippen molar-refractivity contribution in [1.29, 1.82) is 0 Å². The molecule has 0 aliphatic rings. The first-order valence-electron chi connectivity index (χ1n) is 12.8. The Bertz CT molecular complexity index is 2160. The maximum absolute atomic E-state index is 2.40. The number of nitrogens with zero attached hydrogens (tertiary/aromatic N) is 2. The van der Waals surface area contributed by atoms with Crippen LogP contribution in [0.1, 0.15) is 0 Å². The summed E-state index contributed by atoms with van der Waals surface area (Å²) in [5, 5.41) is 7.68. The lowest BCUT2D eigenvalue weighted by Crippen LogP contribution is -1.93. The van der Waals surface area contributed by atoms with Gasteiger partial charge in [-0.05, 0) is 64.4 Å². The van der Waals surface area contributed by atoms with E-state index in [9.17, 15) is 0 Å². The van der Waals surface area contributed by atoms with Crippen molar-refractivity contribution in [2.24, 2.45) is 7.05 Å². The maximum atomic E-state index is 2.40. The minimum Gasteiger partial charge on any atom is -0.344 e. The fraction of sp³-hybridized carbons (Fsp3) is 0.0286. The average molecular weight is 473 g/mol. The smallest absolute Gasteiger partial charge is 0.0541 e. The van der Waals surface area contributed by atoms with Gasteiger partial charge in [0.1, 0.15) is 0 Å². The number of hydrogen-bond donors (Lipinski definition) is 0. The number of aryl methyl sites for hydroxylation is 1. The number of rotatable bonds is 2. The summed E-state index contributed by atoms with van der Waals surface area (Å²) in [5.74, 6) is 0. The summed E-state index contributed by atoms with van der Waals surface area (Å²) in [6, 6.07) is 46.5. The fourth-order valence-electron chi connectivity index (χ4n) is 6.09. The van der Waals surface area contributed by atoms with Crippen molar-refractivity contribution in [2.45, 2.75) is 0 Å². The van der Waals surface area contributed by atoms with Crippen LogP contribution in [-0.4, -0.2) is 9.13 Å². The van der Waals surface area contributed by atoms with Crippen LogP contribution in [0.5, 0.6) is 0 Å². The van der Waals surface area contributed by atoms with Crippen molar-refractivity contribution in [1.82, 2.24) is 9.13 Å². The Labute approximate surface area is 214 Å². The zero-order chi connectivity index (χ0) is 24.5. The van der Waals surface area contributed by atoms with Gasteiger partial charge in [-0.3, -0.25) is 0 Å². The summed E-state index contributed by atoms with van der Waals surface area (Å²) in [7, 11) is 2.16. The predicted molar refractivity (Wildman–Crippen MR) is 158 cm³/mol. The molecule has 37 heavy (non-hydrogen) atoms. The summed E-state index contributed by atoms with van der Waals surface area (Å²) >= 11 is 0. The summed E-state index contributed by atoms with van der Waals surface area (Å²) in [5.41, 5.74) is 8.65. The van der Waals surface area contributed by atoms with Crippen LogP contribution in [0.3, 0.4) is 0 Å². The lowest BCUT2D eigenvalue weighted by Gasteiger charge is -2.10. The van der Waals surface area contributed by atoms with Gasteiger partial charge in [0.05, 0.1) is 11.0 Å². The van der Waals surface area contributed by atoms with Gasteiger partial charge in [0, 0.05) is 45.3 Å². The largest absolute Gasteiger partial charge is 0.344 e. The predicted octanol–water partition coefficient (Wildman–Crippen LogP) is 9.25. The van der Waals surface area contributed by atoms with Crippen molar-refractivity contribution < 1.29 is 0 Å². The Kier molecular flexibility index (Phi) is 4.18. The number of benzene rings is 6. The third-order valence-corrected chi connectivity index (χ3v) is 7.91. The molecule has 174 valence electrons. The highest BCUT2D eigenvalue weighted by molar-refractivity contribution is 6.12. The van der Waals surface area contributed by atoms with Gasteiger partial charge in [0.15, 0.2) is 0 Å². The minimum absolute atomic E-state index is 1.19. The van der Waals surface area contributed by atoms with E-state index in [0.29, 0.717) is 0 Å². The van der Waals surface area contributed by atoms with Crippen molar-refractivity contribution in [3.63, 3.8) is 0 Å². The molecule has 2 aromatic heterocycles. The Morgan fingerprint density at radius 1 is 0.405 bits per heavy atom. The standard InChI is InChI=1S/C35H24N2/c1-36-32-12-6-4-10-28(32)30-18-15-26(22-35(30)36)25-16-19-34-31(21-25)29-11-5-7-13-33(29)37(34)27-17-14-23-8-2-3-9-24(23)20-27/h2-22H,1H3. The van der Waals surface area contributed by atoms with Crippen LogP contribution < -0.4 is 0 Å². The third-order valence-electron chi connectivity index (χ3n) is 7.91. The average Bonchev–Trinajstić information content (AvgIpc) is 3.44. The second-order valence-electron chi connectivity index (χ2n) is 9.92. The molecule has 0 saturated carbocycles. The molecule has 0 unspecified atom stereocenters. The van der Waals surface area contributed by atoms with E-state index in [1.807, 2.05) is 0 Å². The number of hydrogen-bond acceptors (Lipinski definition) is 0. The molecule has 2 heterocycles. The molecule has 8 aromatic rings. The molecular weight excluding hydrogens is 448 g/mol. The molecule has 8 rings (SSSR count). The second kappa shape index (κ2) is 7.59. The second-order valence-corrected chi connectivity index (χ2v) is 9.92. The lowest BCUT2D eigenvalue weighted by molar-refractivity contribution is 1.01. The van der Waals surface area contributed by atoms with Gasteiger partial charge in [0.2, 0.25) is 0 Å². The van der Waals surface area contributed by atoms with Gasteiger partial charge >= 0.3 is 0 Å². The summed E-state index contributed by atoms with van der Waals surface area (Å²) < 4.78 is 4.70. The highest BCUT2D eigenvalue weighted by Gasteiger charge is 2.14. The van der Waals surface area contributed by atoms with Crippen LogP contribution in [0.25, 0.3) is 71.2 Å². The van der Waals surface area contributed by atoms with Crippen molar-refractivity contribution in [2.75, 3.05) is 0 Å². The van der Waals surface area contributed by atoms with E-state index in [1.54, 1.807) is 0 Å². The SMILES string of the molecule is Cn1c2ccccc2c2ccc(-c3ccc4c(c3)c3ccccc3n4-c3ccc4ccccc4c3)cc21. The Morgan fingerprint density at radius 3 is 1.89 bits per heavy atom. The highest BCUT2D eigenvalue weighted by atomic mass is 15.0. The van der Waals surface area contributed by atoms with E-state index in [2.05, 4.69) is 144 Å². The molecular formula is C35H24N2. The van der Waals surface area contributed by atoms with E-state index in [0.717, 1.165) is 0 Å². The molecule has 6 aromatic carbocycles. The molecule has 2 nitrogen and oxygen atoms in total. The summed E-state index contributed by atoms with van der Waals surface area (Å²) in [6.45, 7) is 0. The van der Waals surface area contributed by atoms with Gasteiger partial charge in [0.25, 0.3) is 0 Å². The Balaban J connectivity index is 1.36. The van der Waals surface area contributed by atoms with Crippen LogP contribution in [0.2, 0.25) is 0 Å². The first kappa shape index (κ1) is 20.4. The highest BCUT2D eigenvalue weighted by Crippen LogP contribution is 2.37. The molecule has 0 saturated heterocycles. The van der Waals surface area contributed by atoms with E-state index in [4.69, 9.17) is 0 Å². The van der Waals surface area contributed by atoms with E-state index >= 15 is 0 Å². The Morgan fingerprint density at radius 2 is 1.03 bits per heavy atom. The molecule has 2 heteroatoms. The topological polar surface area (TPSA) is 9.86 Å². The molecule has 0 atom stereocenters. The molecule has 0 N–H and O–H groups in total. The molecule has 0 bridgehead atoms. The van der Waals surface area contributed by atoms with Gasteiger partial charge in [-0.25, -0.2) is 0 Å². The van der Waals surface area contributed by atoms with Crippen molar-refractivity contribution in [3.05, 3.63) is 127 Å². The normalized spacial score (nSPS) is 11.9. The third kappa shape index (κ3) is 2.93. The van der Waals surface area contributed by atoms with Crippen LogP contribution in [0, 0.1) is 0 Å². The van der Waals surface area contributed by atoms with Crippen LogP contribution in [0.15, 0.2) is 127 Å². The lowest BCUT2D eigenvalue weighted by atomic mass is 10.0. The van der Waals surface area contributed by atoms with E-state index < -0.39 is 0 Å². The first-order chi connectivity index (χ1) is 18.3. The minimum atomic E-state index is 1.19. The van der Waals surface area contributed by atoms with Crippen molar-refractivity contribution >= 4 is 54.4 Å². The van der Waals surface area contributed by atoms with Gasteiger partial charge in [-0.1, -0.05) is 84.9 Å². The maximum Gasteiger partial charge on any atom is 0.0541 e. The van der Waals surface area contributed by atoms with E-state index in [-0.39, 0.29) is 0 Å². The Hall–Kier alpha value is -4.82. The quantitative estimate of drug-likeness (QED) is 0.237. The number of aromatic nitrogens is 2. The number of fused-ring (bicyclic) bond motifs is 7. The van der Waals surface area contributed by atoms with Gasteiger partial charge in [-0.2, -0.15) is 0 Å². The van der Waals surface area contributed by atoms with Crippen molar-refractivity contribution in [3.8, 4) is 16.8 Å². The molecule has 0 aliphatic carbocycles. The van der Waals surface area contributed by atoms with Gasteiger partial charge in [-0.15, -0.1) is 0 Å². The fourth-order valence-corrected chi connectivity index (χ4v) is 6.09. The summed E-state index contributed by atoms with van der Waals surface area (Å²) in [4.78, 5) is 0. The molecule has 0 aliphatic heterocycles. The monoisotopic (exact) mass is 472 g/mol. The first-order valence-corrected chi connectivity index (χ1v) is 12.8. The van der Waals surface area contributed by atoms with Crippen LogP contribution in [0.4, 0.5) is 0 Å². The van der Waals surface area contributed by atoms with E-state index in [1.165, 1.54) is 71.2 Å². The summed E-state index contributed by atoms with van der Waals surface area (Å²) in [6.07, 6.45) is 0. The van der Waals surface area contributed by atoms with Gasteiger partial charge < -0.3 is 9.13 Å². The number of para-hydroxylation sites is 2. The molecule has 0 amide bonds. The van der Waals surface area contributed by atoms with Crippen LogP contribution >= 0.6 is 0 Å². The zero-order valence-corrected chi connectivity index (χ0v) is 20.5. The molecule has 0 radical (unpaired) electrons. The molecule has 0 fully saturated rings. The zero-order valence-electron chi connectivity index (χ0n) is 20.5.